The van der Waals surface area contributed by atoms with Crippen LogP contribution < -0.4 is 5.73 Å². The Morgan fingerprint density at radius 3 is 2.70 bits per heavy atom. The summed E-state index contributed by atoms with van der Waals surface area (Å²) in [6, 6.07) is 8.85. The van der Waals surface area contributed by atoms with Crippen LogP contribution >= 0.6 is 23.2 Å². The number of ether oxygens (including phenoxy) is 1. The summed E-state index contributed by atoms with van der Waals surface area (Å²) in [5, 5.41) is 7.86. The van der Waals surface area contributed by atoms with Crippen molar-refractivity contribution in [3.05, 3.63) is 58.7 Å². The van der Waals surface area contributed by atoms with Gasteiger partial charge in [-0.25, -0.2) is 4.79 Å². The first kappa shape index (κ1) is 17.3. The summed E-state index contributed by atoms with van der Waals surface area (Å²) < 4.78 is 19.0. The fourth-order valence-corrected chi connectivity index (χ4v) is 2.21. The first-order valence-corrected chi connectivity index (χ1v) is 7.39. The maximum absolute atomic E-state index is 13.7. The fourth-order valence-electron chi connectivity index (χ4n) is 1.87. The number of aliphatic imine (C=N–C) groups is 1. The molecule has 1 aromatic rings. The highest BCUT2D eigenvalue weighted by atomic mass is 35.5. The highest BCUT2D eigenvalue weighted by Crippen LogP contribution is 2.24. The van der Waals surface area contributed by atoms with E-state index in [0.717, 1.165) is 5.56 Å². The molecule has 1 aliphatic rings. The molecular formula is C15H13Cl2FN2O3. The average molecular weight is 359 g/mol. The minimum Gasteiger partial charge on any atom is -0.478 e. The van der Waals surface area contributed by atoms with Crippen molar-refractivity contribution in [3.8, 4) is 0 Å². The van der Waals surface area contributed by atoms with Gasteiger partial charge in [-0.15, -0.1) is 11.6 Å². The number of nitrogens with two attached hydrogens (primary N) is 1. The molecule has 2 unspecified atom stereocenters. The van der Waals surface area contributed by atoms with Crippen molar-refractivity contribution in [1.82, 2.24) is 0 Å². The van der Waals surface area contributed by atoms with Gasteiger partial charge in [0.15, 0.2) is 0 Å². The third-order valence-corrected chi connectivity index (χ3v) is 3.69. The molecule has 1 heterocycles. The standard InChI is InChI=1S/C15H13Cl2FN2O3/c16-9-7-10(19)12(17)13(18)20-14(9)23-11(15(21)22)6-8-4-2-1-3-5-8/h1-5,7,9,11H,6,19H2,(H,21,22). The summed E-state index contributed by atoms with van der Waals surface area (Å²) in [6.07, 6.45) is 0.0186. The van der Waals surface area contributed by atoms with E-state index in [-0.39, 0.29) is 18.0 Å². The number of carbonyl (C=O) groups is 1. The predicted molar refractivity (Wildman–Crippen MR) is 86.0 cm³/mol. The van der Waals surface area contributed by atoms with Gasteiger partial charge in [-0.1, -0.05) is 41.9 Å². The van der Waals surface area contributed by atoms with Crippen LogP contribution in [0.5, 0.6) is 0 Å². The van der Waals surface area contributed by atoms with E-state index < -0.39 is 28.4 Å². The van der Waals surface area contributed by atoms with Crippen molar-refractivity contribution in [2.75, 3.05) is 0 Å². The largest absolute Gasteiger partial charge is 0.478 e. The second-order valence-corrected chi connectivity index (χ2v) is 5.56. The number of halogens is 3. The number of hydrogen-bond donors (Lipinski definition) is 2. The van der Waals surface area contributed by atoms with Gasteiger partial charge in [0.2, 0.25) is 18.0 Å². The topological polar surface area (TPSA) is 84.9 Å². The van der Waals surface area contributed by atoms with Gasteiger partial charge >= 0.3 is 5.97 Å². The SMILES string of the molecule is NC1=CC(Cl)C(OC(Cc2ccccc2)C(=O)O)=NC(F)=C1Cl. The van der Waals surface area contributed by atoms with Crippen LogP contribution in [0.1, 0.15) is 5.56 Å². The molecule has 1 aromatic carbocycles. The first-order chi connectivity index (χ1) is 10.9. The lowest BCUT2D eigenvalue weighted by atomic mass is 10.1. The Kier molecular flexibility index (Phi) is 5.63. The summed E-state index contributed by atoms with van der Waals surface area (Å²) in [5.41, 5.74) is 6.18. The van der Waals surface area contributed by atoms with Crippen LogP contribution in [-0.2, 0) is 16.0 Å². The smallest absolute Gasteiger partial charge is 0.345 e. The van der Waals surface area contributed by atoms with Gasteiger partial charge in [-0.3, -0.25) is 0 Å². The molecule has 0 radical (unpaired) electrons. The first-order valence-electron chi connectivity index (χ1n) is 6.57. The minimum atomic E-state index is -1.28. The third kappa shape index (κ3) is 4.46. The average Bonchev–Trinajstić information content (AvgIpc) is 2.60. The number of benzene rings is 1. The van der Waals surface area contributed by atoms with Gasteiger partial charge in [0.1, 0.15) is 10.4 Å². The predicted octanol–water partition coefficient (Wildman–Crippen LogP) is 2.94. The molecule has 0 fully saturated rings. The molecule has 0 saturated carbocycles. The molecule has 2 rings (SSSR count). The second-order valence-electron chi connectivity index (χ2n) is 4.71. The van der Waals surface area contributed by atoms with E-state index in [1.54, 1.807) is 30.3 Å². The molecule has 8 heteroatoms. The number of allylic oxidation sites excluding steroid dienone is 1. The molecule has 23 heavy (non-hydrogen) atoms. The zero-order valence-electron chi connectivity index (χ0n) is 11.7. The van der Waals surface area contributed by atoms with E-state index in [9.17, 15) is 14.3 Å². The highest BCUT2D eigenvalue weighted by molar-refractivity contribution is 6.35. The quantitative estimate of drug-likeness (QED) is 0.640. The van der Waals surface area contributed by atoms with Crippen molar-refractivity contribution in [2.45, 2.75) is 17.9 Å². The van der Waals surface area contributed by atoms with E-state index in [2.05, 4.69) is 4.99 Å². The number of aliphatic carboxylic acids is 1. The summed E-state index contributed by atoms with van der Waals surface area (Å²) in [4.78, 5) is 14.9. The Morgan fingerprint density at radius 1 is 1.43 bits per heavy atom. The van der Waals surface area contributed by atoms with E-state index >= 15 is 0 Å². The summed E-state index contributed by atoms with van der Waals surface area (Å²) in [7, 11) is 0. The van der Waals surface area contributed by atoms with E-state index in [1.807, 2.05) is 0 Å². The second kappa shape index (κ2) is 7.48. The van der Waals surface area contributed by atoms with Gasteiger partial charge in [0, 0.05) is 6.42 Å². The van der Waals surface area contributed by atoms with E-state index in [1.165, 1.54) is 6.08 Å². The van der Waals surface area contributed by atoms with Crippen molar-refractivity contribution in [2.24, 2.45) is 10.7 Å². The van der Waals surface area contributed by atoms with Crippen LogP contribution in [-0.4, -0.2) is 28.5 Å². The van der Waals surface area contributed by atoms with Crippen molar-refractivity contribution in [1.29, 1.82) is 0 Å². The number of rotatable bonds is 4. The Hall–Kier alpha value is -2.05. The number of carboxylic acids is 1. The van der Waals surface area contributed by atoms with Gasteiger partial charge in [0.05, 0.1) is 5.70 Å². The molecule has 0 spiro atoms. The van der Waals surface area contributed by atoms with Gasteiger partial charge in [-0.2, -0.15) is 9.38 Å². The zero-order chi connectivity index (χ0) is 17.0. The number of hydrogen-bond acceptors (Lipinski definition) is 4. The van der Waals surface area contributed by atoms with Crippen LogP contribution in [0.15, 0.2) is 58.1 Å². The maximum Gasteiger partial charge on any atom is 0.345 e. The molecule has 3 N–H and O–H groups in total. The molecule has 0 bridgehead atoms. The highest BCUT2D eigenvalue weighted by Gasteiger charge is 2.27. The van der Waals surface area contributed by atoms with Crippen LogP contribution in [0.4, 0.5) is 4.39 Å². The van der Waals surface area contributed by atoms with Crippen LogP contribution in [0.3, 0.4) is 0 Å². The number of carboxylic acid groups (broad SMARTS) is 1. The number of alkyl halides is 1. The Labute approximate surface area is 141 Å². The van der Waals surface area contributed by atoms with Gasteiger partial charge < -0.3 is 15.6 Å². The molecule has 1 aliphatic heterocycles. The fraction of sp³-hybridized carbons (Fsp3) is 0.200. The molecule has 5 nitrogen and oxygen atoms in total. The van der Waals surface area contributed by atoms with E-state index in [4.69, 9.17) is 33.7 Å². The van der Waals surface area contributed by atoms with Crippen molar-refractivity contribution < 1.29 is 19.0 Å². The summed E-state index contributed by atoms with van der Waals surface area (Å²) in [6.45, 7) is 0. The normalized spacial score (nSPS) is 19.5. The Bertz CT molecular complexity index is 689. The molecule has 122 valence electrons. The van der Waals surface area contributed by atoms with Crippen LogP contribution in [0.25, 0.3) is 0 Å². The van der Waals surface area contributed by atoms with Crippen LogP contribution in [0.2, 0.25) is 0 Å². The molecule has 0 aromatic heterocycles. The minimum absolute atomic E-state index is 0.0665. The molecular weight excluding hydrogens is 346 g/mol. The molecule has 0 saturated heterocycles. The molecule has 0 amide bonds. The summed E-state index contributed by atoms with van der Waals surface area (Å²) in [5.74, 6) is -2.62. The van der Waals surface area contributed by atoms with Crippen LogP contribution in [0, 0.1) is 0 Å². The third-order valence-electron chi connectivity index (χ3n) is 3.01. The molecule has 0 aliphatic carbocycles. The van der Waals surface area contributed by atoms with E-state index in [0.29, 0.717) is 0 Å². The van der Waals surface area contributed by atoms with Crippen molar-refractivity contribution >= 4 is 35.1 Å². The zero-order valence-corrected chi connectivity index (χ0v) is 13.3. The Balaban J connectivity index is 2.23. The monoisotopic (exact) mass is 358 g/mol. The maximum atomic E-state index is 13.7. The number of nitrogens with zero attached hydrogens (tertiary/aromatic N) is 1. The lowest BCUT2D eigenvalue weighted by Crippen LogP contribution is -2.32. The Morgan fingerprint density at radius 2 is 2.09 bits per heavy atom. The van der Waals surface area contributed by atoms with Gasteiger partial charge in [0.25, 0.3) is 0 Å². The van der Waals surface area contributed by atoms with Crippen molar-refractivity contribution in [3.63, 3.8) is 0 Å². The summed E-state index contributed by atoms with van der Waals surface area (Å²) >= 11 is 11.7. The van der Waals surface area contributed by atoms with Gasteiger partial charge in [-0.05, 0) is 11.6 Å². The lowest BCUT2D eigenvalue weighted by Gasteiger charge is -2.17. The lowest BCUT2D eigenvalue weighted by molar-refractivity contribution is -0.145. The molecule has 2 atom stereocenters.